The molecule has 0 amide bonds. The largest absolute Gasteiger partial charge is 0.478 e. The van der Waals surface area contributed by atoms with Crippen LogP contribution in [-0.2, 0) is 11.2 Å². The van der Waals surface area contributed by atoms with Crippen molar-refractivity contribution in [2.24, 2.45) is 5.73 Å². The van der Waals surface area contributed by atoms with Crippen LogP contribution in [0.3, 0.4) is 0 Å². The maximum Gasteiger partial charge on any atom is 0.331 e. The van der Waals surface area contributed by atoms with E-state index in [9.17, 15) is 4.79 Å². The van der Waals surface area contributed by atoms with Gasteiger partial charge in [0.2, 0.25) is 0 Å². The summed E-state index contributed by atoms with van der Waals surface area (Å²) in [4.78, 5) is 10.6. The molecule has 0 unspecified atom stereocenters. The Kier molecular flexibility index (Phi) is 6.46. The molecule has 0 radical (unpaired) electrons. The van der Waals surface area contributed by atoms with Gasteiger partial charge in [-0.15, -0.1) is 12.4 Å². The molecular weight excluding hydrogens is 226 g/mol. The summed E-state index contributed by atoms with van der Waals surface area (Å²) in [6.45, 7) is 2.21. The number of hydrogen-bond donors (Lipinski definition) is 2. The zero-order valence-electron chi connectivity index (χ0n) is 9.14. The lowest BCUT2D eigenvalue weighted by atomic mass is 10.1. The van der Waals surface area contributed by atoms with Crippen molar-refractivity contribution in [2.45, 2.75) is 13.3 Å². The van der Waals surface area contributed by atoms with E-state index in [0.29, 0.717) is 12.1 Å². The minimum atomic E-state index is -0.888. The topological polar surface area (TPSA) is 63.3 Å². The lowest BCUT2D eigenvalue weighted by molar-refractivity contribution is -0.132. The van der Waals surface area contributed by atoms with Crippen molar-refractivity contribution in [2.75, 3.05) is 6.54 Å². The van der Waals surface area contributed by atoms with Crippen LogP contribution in [-0.4, -0.2) is 17.6 Å². The fourth-order valence-corrected chi connectivity index (χ4v) is 1.26. The number of carboxylic acid groups (broad SMARTS) is 1. The molecule has 0 heterocycles. The summed E-state index contributed by atoms with van der Waals surface area (Å²) >= 11 is 0. The molecule has 0 fully saturated rings. The predicted molar refractivity (Wildman–Crippen MR) is 67.7 cm³/mol. The van der Waals surface area contributed by atoms with Crippen LogP contribution < -0.4 is 5.73 Å². The number of rotatable bonds is 4. The summed E-state index contributed by atoms with van der Waals surface area (Å²) in [6.07, 6.45) is 2.50. The van der Waals surface area contributed by atoms with Crippen molar-refractivity contribution in [3.8, 4) is 0 Å². The maximum atomic E-state index is 10.6. The van der Waals surface area contributed by atoms with Crippen LogP contribution in [0.15, 0.2) is 29.8 Å². The number of halogens is 1. The van der Waals surface area contributed by atoms with E-state index < -0.39 is 5.97 Å². The van der Waals surface area contributed by atoms with Gasteiger partial charge < -0.3 is 10.8 Å². The third kappa shape index (κ3) is 4.47. The number of hydrogen-bond acceptors (Lipinski definition) is 2. The molecule has 88 valence electrons. The molecule has 4 heteroatoms. The van der Waals surface area contributed by atoms with Gasteiger partial charge in [0, 0.05) is 5.57 Å². The first kappa shape index (κ1) is 14.7. The Morgan fingerprint density at radius 3 is 2.38 bits per heavy atom. The minimum Gasteiger partial charge on any atom is -0.478 e. The molecule has 0 aliphatic carbocycles. The van der Waals surface area contributed by atoms with Crippen molar-refractivity contribution in [1.29, 1.82) is 0 Å². The second kappa shape index (κ2) is 7.04. The van der Waals surface area contributed by atoms with Gasteiger partial charge in [-0.2, -0.15) is 0 Å². The Balaban J connectivity index is 0.00000225. The molecule has 0 saturated heterocycles. The molecule has 3 nitrogen and oxygen atoms in total. The first-order valence-corrected chi connectivity index (χ1v) is 4.84. The van der Waals surface area contributed by atoms with Crippen molar-refractivity contribution in [1.82, 2.24) is 0 Å². The van der Waals surface area contributed by atoms with Crippen LogP contribution in [0.5, 0.6) is 0 Å². The molecule has 16 heavy (non-hydrogen) atoms. The van der Waals surface area contributed by atoms with Crippen LogP contribution in [0, 0.1) is 0 Å². The number of aliphatic carboxylic acids is 1. The summed E-state index contributed by atoms with van der Waals surface area (Å²) in [7, 11) is 0. The lowest BCUT2D eigenvalue weighted by Crippen LogP contribution is -2.02. The van der Waals surface area contributed by atoms with Crippen molar-refractivity contribution in [3.05, 3.63) is 41.0 Å². The van der Waals surface area contributed by atoms with E-state index in [2.05, 4.69) is 0 Å². The molecular formula is C12H16ClNO2. The zero-order valence-corrected chi connectivity index (χ0v) is 9.96. The number of benzene rings is 1. The van der Waals surface area contributed by atoms with E-state index in [1.165, 1.54) is 5.56 Å². The van der Waals surface area contributed by atoms with E-state index in [-0.39, 0.29) is 12.4 Å². The average Bonchev–Trinajstić information content (AvgIpc) is 2.21. The van der Waals surface area contributed by atoms with Crippen LogP contribution in [0.4, 0.5) is 0 Å². The molecule has 3 N–H and O–H groups in total. The predicted octanol–water partition coefficient (Wildman–Crippen LogP) is 2.10. The Morgan fingerprint density at radius 1 is 1.38 bits per heavy atom. The van der Waals surface area contributed by atoms with Gasteiger partial charge in [-0.05, 0) is 37.1 Å². The average molecular weight is 242 g/mol. The van der Waals surface area contributed by atoms with E-state index in [1.807, 2.05) is 24.3 Å². The van der Waals surface area contributed by atoms with E-state index in [0.717, 1.165) is 12.0 Å². The third-order valence-corrected chi connectivity index (χ3v) is 2.13. The van der Waals surface area contributed by atoms with Crippen molar-refractivity contribution >= 4 is 24.5 Å². The smallest absolute Gasteiger partial charge is 0.331 e. The molecule has 1 aromatic carbocycles. The highest BCUT2D eigenvalue weighted by Gasteiger charge is 1.99. The molecule has 0 spiro atoms. The summed E-state index contributed by atoms with van der Waals surface area (Å²) in [5.74, 6) is -0.888. The molecule has 0 aromatic heterocycles. The Hall–Kier alpha value is -1.32. The van der Waals surface area contributed by atoms with Crippen molar-refractivity contribution in [3.63, 3.8) is 0 Å². The Bertz CT molecular complexity index is 371. The normalized spacial score (nSPS) is 10.8. The first-order chi connectivity index (χ1) is 7.13. The third-order valence-electron chi connectivity index (χ3n) is 2.13. The second-order valence-corrected chi connectivity index (χ2v) is 3.41. The van der Waals surface area contributed by atoms with Gasteiger partial charge in [0.1, 0.15) is 0 Å². The van der Waals surface area contributed by atoms with Crippen LogP contribution in [0.2, 0.25) is 0 Å². The summed E-state index contributed by atoms with van der Waals surface area (Å²) in [5, 5.41) is 8.70. The Labute approximate surface area is 101 Å². The van der Waals surface area contributed by atoms with E-state index in [4.69, 9.17) is 10.8 Å². The first-order valence-electron chi connectivity index (χ1n) is 4.84. The molecule has 0 bridgehead atoms. The zero-order chi connectivity index (χ0) is 11.3. The SMILES string of the molecule is CC(=Cc1ccc(CCN)cc1)C(=O)O.Cl. The summed E-state index contributed by atoms with van der Waals surface area (Å²) in [6, 6.07) is 7.73. The minimum absolute atomic E-state index is 0. The van der Waals surface area contributed by atoms with Gasteiger partial charge in [0.15, 0.2) is 0 Å². The standard InChI is InChI=1S/C12H15NO2.ClH/c1-9(12(14)15)8-11-4-2-10(3-5-11)6-7-13;/h2-5,8H,6-7,13H2,1H3,(H,14,15);1H. The fourth-order valence-electron chi connectivity index (χ4n) is 1.26. The number of carboxylic acids is 1. The van der Waals surface area contributed by atoms with E-state index >= 15 is 0 Å². The molecule has 1 aromatic rings. The number of nitrogens with two attached hydrogens (primary N) is 1. The van der Waals surface area contributed by atoms with Gasteiger partial charge in [-0.3, -0.25) is 0 Å². The molecule has 1 rings (SSSR count). The van der Waals surface area contributed by atoms with Crippen LogP contribution in [0.1, 0.15) is 18.1 Å². The summed E-state index contributed by atoms with van der Waals surface area (Å²) in [5.41, 5.74) is 7.83. The number of carbonyl (C=O) groups is 1. The molecule has 0 aliphatic rings. The Morgan fingerprint density at radius 2 is 1.94 bits per heavy atom. The fraction of sp³-hybridized carbons (Fsp3) is 0.250. The molecule has 0 saturated carbocycles. The lowest BCUT2D eigenvalue weighted by Gasteiger charge is -2.00. The van der Waals surface area contributed by atoms with Crippen molar-refractivity contribution < 1.29 is 9.90 Å². The van der Waals surface area contributed by atoms with E-state index in [1.54, 1.807) is 13.0 Å². The monoisotopic (exact) mass is 241 g/mol. The highest BCUT2D eigenvalue weighted by molar-refractivity contribution is 5.91. The van der Waals surface area contributed by atoms with Gasteiger partial charge in [0.05, 0.1) is 0 Å². The second-order valence-electron chi connectivity index (χ2n) is 3.41. The highest BCUT2D eigenvalue weighted by Crippen LogP contribution is 2.09. The van der Waals surface area contributed by atoms with Gasteiger partial charge in [0.25, 0.3) is 0 Å². The van der Waals surface area contributed by atoms with Gasteiger partial charge in [-0.25, -0.2) is 4.79 Å². The van der Waals surface area contributed by atoms with Gasteiger partial charge >= 0.3 is 5.97 Å². The maximum absolute atomic E-state index is 10.6. The molecule has 0 aliphatic heterocycles. The highest BCUT2D eigenvalue weighted by atomic mass is 35.5. The van der Waals surface area contributed by atoms with Gasteiger partial charge in [-0.1, -0.05) is 24.3 Å². The quantitative estimate of drug-likeness (QED) is 0.794. The molecule has 0 atom stereocenters. The van der Waals surface area contributed by atoms with Crippen LogP contribution >= 0.6 is 12.4 Å². The van der Waals surface area contributed by atoms with Crippen LogP contribution in [0.25, 0.3) is 6.08 Å². The summed E-state index contributed by atoms with van der Waals surface area (Å²) < 4.78 is 0.